The number of likely N-dealkylation sites (tertiary alicyclic amines) is 2. The van der Waals surface area contributed by atoms with Crippen LogP contribution in [0.4, 0.5) is 0 Å². The molecule has 0 aromatic carbocycles. The van der Waals surface area contributed by atoms with Crippen LogP contribution in [0.2, 0.25) is 0 Å². The normalized spacial score (nSPS) is 33.8. The summed E-state index contributed by atoms with van der Waals surface area (Å²) in [5, 5.41) is 0. The molecule has 1 saturated carbocycles. The molecule has 2 saturated heterocycles. The largest absolute Gasteiger partial charge is 0.306 e. The fraction of sp³-hybridized carbons (Fsp3) is 1.00. The Morgan fingerprint density at radius 1 is 1.05 bits per heavy atom. The Kier molecular flexibility index (Phi) is 3.92. The van der Waals surface area contributed by atoms with Gasteiger partial charge in [-0.2, -0.15) is 0 Å². The van der Waals surface area contributed by atoms with Crippen molar-refractivity contribution in [3.05, 3.63) is 0 Å². The van der Waals surface area contributed by atoms with Crippen LogP contribution in [0.3, 0.4) is 0 Å². The highest BCUT2D eigenvalue weighted by atomic mass is 15.2. The molecule has 0 aromatic heterocycles. The average Bonchev–Trinajstić information content (AvgIpc) is 2.37. The molecular formula is C17H32N2. The van der Waals surface area contributed by atoms with Crippen molar-refractivity contribution in [2.75, 3.05) is 33.2 Å². The van der Waals surface area contributed by atoms with Crippen molar-refractivity contribution in [3.63, 3.8) is 0 Å². The monoisotopic (exact) mass is 264 g/mol. The van der Waals surface area contributed by atoms with E-state index in [1.54, 1.807) is 0 Å². The van der Waals surface area contributed by atoms with Crippen LogP contribution < -0.4 is 0 Å². The van der Waals surface area contributed by atoms with Crippen LogP contribution in [0.25, 0.3) is 0 Å². The van der Waals surface area contributed by atoms with E-state index in [1.807, 2.05) is 0 Å². The molecule has 1 unspecified atom stereocenters. The quantitative estimate of drug-likeness (QED) is 0.755. The van der Waals surface area contributed by atoms with E-state index >= 15 is 0 Å². The van der Waals surface area contributed by atoms with Crippen molar-refractivity contribution in [2.24, 2.45) is 17.3 Å². The summed E-state index contributed by atoms with van der Waals surface area (Å²) in [5.74, 6) is 1.84. The number of rotatable bonds is 2. The lowest BCUT2D eigenvalue weighted by Crippen LogP contribution is -2.56. The maximum Gasteiger partial charge on any atom is 0.0106 e. The van der Waals surface area contributed by atoms with Gasteiger partial charge in [0, 0.05) is 12.6 Å². The Labute approximate surface area is 119 Å². The standard InChI is InChI=1S/C17H32N2/c1-14(2)15-5-4-8-19(13-15)16-11-17(12-16)6-9-18(3)10-7-17/h14-16H,4-13H2,1-3H3. The summed E-state index contributed by atoms with van der Waals surface area (Å²) in [5.41, 5.74) is 0.752. The van der Waals surface area contributed by atoms with E-state index < -0.39 is 0 Å². The Morgan fingerprint density at radius 3 is 2.37 bits per heavy atom. The van der Waals surface area contributed by atoms with Gasteiger partial charge in [0.05, 0.1) is 0 Å². The van der Waals surface area contributed by atoms with Crippen LogP contribution in [-0.4, -0.2) is 49.1 Å². The minimum Gasteiger partial charge on any atom is -0.306 e. The molecule has 2 aliphatic heterocycles. The Hall–Kier alpha value is -0.0800. The van der Waals surface area contributed by atoms with E-state index in [2.05, 4.69) is 30.7 Å². The van der Waals surface area contributed by atoms with Gasteiger partial charge in [-0.05, 0) is 82.5 Å². The van der Waals surface area contributed by atoms with Crippen molar-refractivity contribution in [1.82, 2.24) is 9.80 Å². The summed E-state index contributed by atoms with van der Waals surface area (Å²) in [7, 11) is 2.28. The lowest BCUT2D eigenvalue weighted by atomic mass is 9.59. The minimum atomic E-state index is 0.752. The zero-order valence-corrected chi connectivity index (χ0v) is 13.2. The van der Waals surface area contributed by atoms with Crippen LogP contribution in [-0.2, 0) is 0 Å². The van der Waals surface area contributed by atoms with E-state index in [0.29, 0.717) is 0 Å². The first-order valence-corrected chi connectivity index (χ1v) is 8.51. The fourth-order valence-electron chi connectivity index (χ4n) is 4.62. The number of hydrogen-bond donors (Lipinski definition) is 0. The fourth-order valence-corrected chi connectivity index (χ4v) is 4.62. The van der Waals surface area contributed by atoms with Crippen LogP contribution in [0.1, 0.15) is 52.4 Å². The van der Waals surface area contributed by atoms with E-state index in [0.717, 1.165) is 23.3 Å². The van der Waals surface area contributed by atoms with Crippen molar-refractivity contribution < 1.29 is 0 Å². The highest BCUT2D eigenvalue weighted by Crippen LogP contribution is 2.51. The maximum absolute atomic E-state index is 2.84. The molecule has 1 atom stereocenters. The van der Waals surface area contributed by atoms with E-state index in [-0.39, 0.29) is 0 Å². The van der Waals surface area contributed by atoms with Crippen molar-refractivity contribution in [1.29, 1.82) is 0 Å². The van der Waals surface area contributed by atoms with Crippen molar-refractivity contribution in [2.45, 2.75) is 58.4 Å². The Bertz CT molecular complexity index is 296. The van der Waals surface area contributed by atoms with Crippen molar-refractivity contribution in [3.8, 4) is 0 Å². The first-order valence-electron chi connectivity index (χ1n) is 8.51. The van der Waals surface area contributed by atoms with E-state index in [4.69, 9.17) is 0 Å². The second-order valence-electron chi connectivity index (χ2n) is 8.01. The highest BCUT2D eigenvalue weighted by molar-refractivity contribution is 5.01. The maximum atomic E-state index is 2.84. The molecule has 2 heterocycles. The van der Waals surface area contributed by atoms with Gasteiger partial charge >= 0.3 is 0 Å². The lowest BCUT2D eigenvalue weighted by Gasteiger charge is -2.56. The number of nitrogens with zero attached hydrogens (tertiary/aromatic N) is 2. The van der Waals surface area contributed by atoms with Gasteiger partial charge in [0.15, 0.2) is 0 Å². The van der Waals surface area contributed by atoms with Crippen LogP contribution in [0.15, 0.2) is 0 Å². The third-order valence-electron chi connectivity index (χ3n) is 6.33. The second kappa shape index (κ2) is 5.37. The van der Waals surface area contributed by atoms with Gasteiger partial charge in [0.25, 0.3) is 0 Å². The third-order valence-corrected chi connectivity index (χ3v) is 6.33. The van der Waals surface area contributed by atoms with Gasteiger partial charge in [-0.1, -0.05) is 13.8 Å². The molecule has 0 aromatic rings. The van der Waals surface area contributed by atoms with Gasteiger partial charge in [-0.25, -0.2) is 0 Å². The van der Waals surface area contributed by atoms with Crippen molar-refractivity contribution >= 4 is 0 Å². The van der Waals surface area contributed by atoms with Crippen LogP contribution in [0.5, 0.6) is 0 Å². The third kappa shape index (κ3) is 2.85. The summed E-state index contributed by atoms with van der Waals surface area (Å²) >= 11 is 0. The highest BCUT2D eigenvalue weighted by Gasteiger charge is 2.47. The predicted molar refractivity (Wildman–Crippen MR) is 81.3 cm³/mol. The summed E-state index contributed by atoms with van der Waals surface area (Å²) in [4.78, 5) is 5.35. The molecule has 3 aliphatic rings. The Morgan fingerprint density at radius 2 is 1.74 bits per heavy atom. The smallest absolute Gasteiger partial charge is 0.0106 e. The number of piperidine rings is 2. The van der Waals surface area contributed by atoms with E-state index in [9.17, 15) is 0 Å². The van der Waals surface area contributed by atoms with Gasteiger partial charge in [0.1, 0.15) is 0 Å². The molecule has 3 rings (SSSR count). The molecule has 3 fully saturated rings. The molecule has 110 valence electrons. The zero-order chi connectivity index (χ0) is 13.5. The first-order chi connectivity index (χ1) is 9.08. The Balaban J connectivity index is 1.50. The summed E-state index contributed by atoms with van der Waals surface area (Å²) in [6.45, 7) is 10.3. The van der Waals surface area contributed by atoms with Gasteiger partial charge in [-0.15, -0.1) is 0 Å². The topological polar surface area (TPSA) is 6.48 Å². The molecule has 1 aliphatic carbocycles. The molecule has 2 heteroatoms. The second-order valence-corrected chi connectivity index (χ2v) is 8.01. The predicted octanol–water partition coefficient (Wildman–Crippen LogP) is 3.23. The lowest BCUT2D eigenvalue weighted by molar-refractivity contribution is -0.0539. The average molecular weight is 264 g/mol. The molecule has 0 amide bonds. The zero-order valence-electron chi connectivity index (χ0n) is 13.2. The van der Waals surface area contributed by atoms with Gasteiger partial charge < -0.3 is 9.80 Å². The molecule has 0 N–H and O–H groups in total. The van der Waals surface area contributed by atoms with Crippen LogP contribution >= 0.6 is 0 Å². The van der Waals surface area contributed by atoms with Gasteiger partial charge in [-0.3, -0.25) is 0 Å². The summed E-state index contributed by atoms with van der Waals surface area (Å²) < 4.78 is 0. The minimum absolute atomic E-state index is 0.752. The SMILES string of the molecule is CC(C)C1CCCN(C2CC3(CCN(C)CC3)C2)C1. The molecule has 2 nitrogen and oxygen atoms in total. The molecule has 1 spiro atoms. The molecular weight excluding hydrogens is 232 g/mol. The van der Waals surface area contributed by atoms with E-state index in [1.165, 1.54) is 64.7 Å². The molecule has 0 radical (unpaired) electrons. The molecule has 0 bridgehead atoms. The first kappa shape index (κ1) is 13.9. The van der Waals surface area contributed by atoms with Crippen LogP contribution in [0, 0.1) is 17.3 Å². The summed E-state index contributed by atoms with van der Waals surface area (Å²) in [6.07, 6.45) is 8.84. The summed E-state index contributed by atoms with van der Waals surface area (Å²) in [6, 6.07) is 0.935. The number of hydrogen-bond acceptors (Lipinski definition) is 2. The molecule has 19 heavy (non-hydrogen) atoms. The van der Waals surface area contributed by atoms with Gasteiger partial charge in [0.2, 0.25) is 0 Å².